The lowest BCUT2D eigenvalue weighted by atomic mass is 10.1. The summed E-state index contributed by atoms with van der Waals surface area (Å²) >= 11 is 0. The molecule has 0 radical (unpaired) electrons. The van der Waals surface area contributed by atoms with Crippen LogP contribution < -0.4 is 10.5 Å². The molecular weight excluding hydrogens is 388 g/mol. The Kier molecular flexibility index (Phi) is 5.21. The van der Waals surface area contributed by atoms with Gasteiger partial charge in [-0.2, -0.15) is 0 Å². The molecule has 3 N–H and O–H groups in total. The van der Waals surface area contributed by atoms with Crippen LogP contribution in [0.4, 0.5) is 5.69 Å². The molecule has 7 nitrogen and oxygen atoms in total. The first-order valence-electron chi connectivity index (χ1n) is 9.46. The number of anilines is 1. The van der Waals surface area contributed by atoms with Gasteiger partial charge in [-0.15, -0.1) is 0 Å². The molecule has 29 heavy (non-hydrogen) atoms. The van der Waals surface area contributed by atoms with Gasteiger partial charge in [0.25, 0.3) is 0 Å². The number of aryl methyl sites for hydroxylation is 2. The second kappa shape index (κ2) is 7.81. The molecule has 2 heterocycles. The van der Waals surface area contributed by atoms with Crippen molar-refractivity contribution < 1.29 is 13.2 Å². The van der Waals surface area contributed by atoms with Crippen molar-refractivity contribution in [3.63, 3.8) is 0 Å². The second-order valence-electron chi connectivity index (χ2n) is 7.19. The Bertz CT molecular complexity index is 1130. The number of nitrogens with two attached hydrogens (primary N) is 1. The average molecular weight is 410 g/mol. The maximum atomic E-state index is 12.4. The minimum absolute atomic E-state index is 0.0251. The highest BCUT2D eigenvalue weighted by molar-refractivity contribution is 7.89. The lowest BCUT2D eigenvalue weighted by Gasteiger charge is -2.11. The Morgan fingerprint density at radius 3 is 2.66 bits per heavy atom. The summed E-state index contributed by atoms with van der Waals surface area (Å²) in [6.07, 6.45) is 5.55. The Balaban J connectivity index is 1.45. The monoisotopic (exact) mass is 410 g/mol. The Morgan fingerprint density at radius 1 is 1.14 bits per heavy atom. The first kappa shape index (κ1) is 19.4. The predicted molar refractivity (Wildman–Crippen MR) is 111 cm³/mol. The lowest BCUT2D eigenvalue weighted by molar-refractivity contribution is -0.115. The summed E-state index contributed by atoms with van der Waals surface area (Å²) in [5, 5.41) is 7.98. The van der Waals surface area contributed by atoms with Gasteiger partial charge >= 0.3 is 0 Å². The number of carbonyl (C=O) groups is 1. The number of nitrogens with one attached hydrogen (secondary N) is 1. The number of carbonyl (C=O) groups excluding carboxylic acids is 1. The van der Waals surface area contributed by atoms with Gasteiger partial charge in [0.1, 0.15) is 5.82 Å². The SMILES string of the molecule is NS(=O)(=O)c1ccc(CC(=O)Nc2cccc(-c3cn4c(n3)CCCC4)c2)cc1. The molecule has 1 aliphatic rings. The number of aromatic nitrogens is 2. The third-order valence-corrected chi connectivity index (χ3v) is 5.90. The zero-order chi connectivity index (χ0) is 20.4. The van der Waals surface area contributed by atoms with Gasteiger partial charge in [0, 0.05) is 30.4 Å². The minimum atomic E-state index is -3.74. The van der Waals surface area contributed by atoms with E-state index in [1.807, 2.05) is 24.3 Å². The molecule has 0 atom stereocenters. The molecule has 2 aromatic carbocycles. The highest BCUT2D eigenvalue weighted by Crippen LogP contribution is 2.25. The normalized spacial score (nSPS) is 13.7. The molecule has 0 bridgehead atoms. The average Bonchev–Trinajstić information content (AvgIpc) is 3.12. The Hall–Kier alpha value is -2.97. The van der Waals surface area contributed by atoms with E-state index in [2.05, 4.69) is 16.1 Å². The summed E-state index contributed by atoms with van der Waals surface area (Å²) < 4.78 is 24.8. The van der Waals surface area contributed by atoms with Crippen molar-refractivity contribution >= 4 is 21.6 Å². The molecule has 1 amide bonds. The van der Waals surface area contributed by atoms with Crippen LogP contribution >= 0.6 is 0 Å². The molecule has 0 saturated carbocycles. The number of imidazole rings is 1. The summed E-state index contributed by atoms with van der Waals surface area (Å²) in [5.41, 5.74) is 3.27. The number of amides is 1. The number of rotatable bonds is 5. The van der Waals surface area contributed by atoms with Crippen LogP contribution in [0.1, 0.15) is 24.2 Å². The van der Waals surface area contributed by atoms with Crippen LogP contribution in [-0.2, 0) is 34.2 Å². The van der Waals surface area contributed by atoms with Crippen molar-refractivity contribution in [3.8, 4) is 11.3 Å². The topological polar surface area (TPSA) is 107 Å². The molecule has 0 fully saturated rings. The Morgan fingerprint density at radius 2 is 1.93 bits per heavy atom. The third kappa shape index (κ3) is 4.55. The van der Waals surface area contributed by atoms with Crippen molar-refractivity contribution in [1.29, 1.82) is 0 Å². The van der Waals surface area contributed by atoms with Gasteiger partial charge in [0.05, 0.1) is 17.0 Å². The van der Waals surface area contributed by atoms with E-state index in [9.17, 15) is 13.2 Å². The highest BCUT2D eigenvalue weighted by Gasteiger charge is 2.14. The molecule has 3 aromatic rings. The van der Waals surface area contributed by atoms with Gasteiger partial charge in [0.2, 0.25) is 15.9 Å². The van der Waals surface area contributed by atoms with E-state index in [1.54, 1.807) is 12.1 Å². The zero-order valence-electron chi connectivity index (χ0n) is 15.8. The van der Waals surface area contributed by atoms with Crippen LogP contribution in [0.25, 0.3) is 11.3 Å². The van der Waals surface area contributed by atoms with E-state index < -0.39 is 10.0 Å². The number of hydrogen-bond acceptors (Lipinski definition) is 4. The van der Waals surface area contributed by atoms with E-state index in [4.69, 9.17) is 10.1 Å². The van der Waals surface area contributed by atoms with E-state index in [0.717, 1.165) is 30.0 Å². The molecular formula is C21H22N4O3S. The largest absolute Gasteiger partial charge is 0.334 e. The molecule has 0 unspecified atom stereocenters. The number of hydrogen-bond donors (Lipinski definition) is 2. The fourth-order valence-electron chi connectivity index (χ4n) is 3.50. The van der Waals surface area contributed by atoms with Crippen molar-refractivity contribution in [2.45, 2.75) is 37.1 Å². The number of benzene rings is 2. The van der Waals surface area contributed by atoms with Crippen LogP contribution in [-0.4, -0.2) is 23.9 Å². The molecule has 0 saturated heterocycles. The van der Waals surface area contributed by atoms with Gasteiger partial charge in [-0.05, 0) is 42.7 Å². The molecule has 1 aliphatic heterocycles. The van der Waals surface area contributed by atoms with Gasteiger partial charge in [0.15, 0.2) is 0 Å². The molecule has 8 heteroatoms. The van der Waals surface area contributed by atoms with Gasteiger partial charge in [-0.25, -0.2) is 18.5 Å². The van der Waals surface area contributed by atoms with Gasteiger partial charge < -0.3 is 9.88 Å². The number of primary sulfonamides is 1. The molecule has 150 valence electrons. The van der Waals surface area contributed by atoms with Crippen LogP contribution in [0.3, 0.4) is 0 Å². The highest BCUT2D eigenvalue weighted by atomic mass is 32.2. The van der Waals surface area contributed by atoms with E-state index in [-0.39, 0.29) is 17.2 Å². The molecule has 4 rings (SSSR count). The number of nitrogens with zero attached hydrogens (tertiary/aromatic N) is 2. The quantitative estimate of drug-likeness (QED) is 0.674. The summed E-state index contributed by atoms with van der Waals surface area (Å²) in [6, 6.07) is 13.6. The van der Waals surface area contributed by atoms with Crippen LogP contribution in [0.2, 0.25) is 0 Å². The molecule has 0 spiro atoms. The van der Waals surface area contributed by atoms with E-state index in [1.165, 1.54) is 25.0 Å². The zero-order valence-corrected chi connectivity index (χ0v) is 16.7. The van der Waals surface area contributed by atoms with E-state index in [0.29, 0.717) is 11.3 Å². The second-order valence-corrected chi connectivity index (χ2v) is 8.75. The van der Waals surface area contributed by atoms with Crippen molar-refractivity contribution in [2.75, 3.05) is 5.32 Å². The summed E-state index contributed by atoms with van der Waals surface area (Å²) in [4.78, 5) is 17.1. The molecule has 1 aromatic heterocycles. The molecule has 0 aliphatic carbocycles. The van der Waals surface area contributed by atoms with Crippen molar-refractivity contribution in [3.05, 3.63) is 66.1 Å². The number of sulfonamides is 1. The fraction of sp³-hybridized carbons (Fsp3) is 0.238. The first-order valence-corrected chi connectivity index (χ1v) is 11.0. The fourth-order valence-corrected chi connectivity index (χ4v) is 4.01. The van der Waals surface area contributed by atoms with Gasteiger partial charge in [-0.1, -0.05) is 24.3 Å². The number of fused-ring (bicyclic) bond motifs is 1. The first-order chi connectivity index (χ1) is 13.9. The third-order valence-electron chi connectivity index (χ3n) is 4.97. The standard InChI is InChI=1S/C21H22N4O3S/c22-29(27,28)18-9-7-15(8-10-18)12-21(26)23-17-5-3-4-16(13-17)19-14-25-11-2-1-6-20(25)24-19/h3-5,7-10,13-14H,1-2,6,11-12H2,(H,23,26)(H2,22,27,28). The van der Waals surface area contributed by atoms with E-state index >= 15 is 0 Å². The van der Waals surface area contributed by atoms with Crippen LogP contribution in [0.5, 0.6) is 0 Å². The summed E-state index contributed by atoms with van der Waals surface area (Å²) in [6.45, 7) is 1.00. The van der Waals surface area contributed by atoms with Crippen molar-refractivity contribution in [2.24, 2.45) is 5.14 Å². The Labute approximate surface area is 169 Å². The van der Waals surface area contributed by atoms with Crippen molar-refractivity contribution in [1.82, 2.24) is 9.55 Å². The van der Waals surface area contributed by atoms with Crippen LogP contribution in [0, 0.1) is 0 Å². The smallest absolute Gasteiger partial charge is 0.238 e. The summed E-state index contributed by atoms with van der Waals surface area (Å²) in [7, 11) is -3.74. The summed E-state index contributed by atoms with van der Waals surface area (Å²) in [5.74, 6) is 0.929. The van der Waals surface area contributed by atoms with Crippen LogP contribution in [0.15, 0.2) is 59.6 Å². The maximum absolute atomic E-state index is 12.4. The van der Waals surface area contributed by atoms with Gasteiger partial charge in [-0.3, -0.25) is 4.79 Å². The maximum Gasteiger partial charge on any atom is 0.238 e. The predicted octanol–water partition coefficient (Wildman–Crippen LogP) is 2.72. The lowest BCUT2D eigenvalue weighted by Crippen LogP contribution is -2.15. The minimum Gasteiger partial charge on any atom is -0.334 e.